The first-order chi connectivity index (χ1) is 14.1. The molecule has 0 radical (unpaired) electrons. The minimum atomic E-state index is -0.0112. The highest BCUT2D eigenvalue weighted by Gasteiger charge is 2.29. The molecule has 1 unspecified atom stereocenters. The van der Waals surface area contributed by atoms with Crippen LogP contribution in [0.1, 0.15) is 69.1 Å². The maximum absolute atomic E-state index is 13.0. The van der Waals surface area contributed by atoms with Gasteiger partial charge in [0.05, 0.1) is 6.04 Å². The number of aryl methyl sites for hydroxylation is 2. The number of carbonyl (C=O) groups is 2. The number of amides is 1. The standard InChI is InChI=1S/C24H31NO4/c1-3-20-14-15-23(29-20)22-7-5-4-6-16-25(22)24(27)17-28-21-12-10-19(11-13-21)9-8-18(2)26/h10-15,22H,3-9,16-17H2,1-2H3. The van der Waals surface area contributed by atoms with E-state index in [-0.39, 0.29) is 24.3 Å². The van der Waals surface area contributed by atoms with Crippen molar-refractivity contribution in [3.63, 3.8) is 0 Å². The normalized spacial score (nSPS) is 17.0. The first kappa shape index (κ1) is 21.2. The molecule has 0 aliphatic carbocycles. The van der Waals surface area contributed by atoms with Crippen molar-refractivity contribution in [2.24, 2.45) is 0 Å². The number of furan rings is 1. The van der Waals surface area contributed by atoms with Crippen molar-refractivity contribution in [1.29, 1.82) is 0 Å². The second-order valence-electron chi connectivity index (χ2n) is 7.74. The zero-order valence-electron chi connectivity index (χ0n) is 17.5. The van der Waals surface area contributed by atoms with Gasteiger partial charge in [0.15, 0.2) is 6.61 Å². The molecule has 0 saturated carbocycles. The second-order valence-corrected chi connectivity index (χ2v) is 7.74. The summed E-state index contributed by atoms with van der Waals surface area (Å²) >= 11 is 0. The summed E-state index contributed by atoms with van der Waals surface area (Å²) < 4.78 is 11.7. The average molecular weight is 398 g/mol. The Morgan fingerprint density at radius 2 is 1.90 bits per heavy atom. The Hall–Kier alpha value is -2.56. The number of likely N-dealkylation sites (tertiary alicyclic amines) is 1. The van der Waals surface area contributed by atoms with Gasteiger partial charge in [-0.1, -0.05) is 31.9 Å². The van der Waals surface area contributed by atoms with Crippen LogP contribution in [0.2, 0.25) is 0 Å². The molecule has 1 aliphatic heterocycles. The van der Waals surface area contributed by atoms with Crippen LogP contribution < -0.4 is 4.74 Å². The molecule has 1 saturated heterocycles. The summed E-state index contributed by atoms with van der Waals surface area (Å²) in [6.45, 7) is 4.42. The van der Waals surface area contributed by atoms with Crippen molar-refractivity contribution in [3.05, 3.63) is 53.5 Å². The molecule has 0 N–H and O–H groups in total. The molecule has 1 fully saturated rings. The van der Waals surface area contributed by atoms with Gasteiger partial charge in [0, 0.05) is 19.4 Å². The molecule has 1 amide bonds. The van der Waals surface area contributed by atoms with Crippen LogP contribution in [0.4, 0.5) is 0 Å². The maximum Gasteiger partial charge on any atom is 0.261 e. The lowest BCUT2D eigenvalue weighted by Crippen LogP contribution is -2.37. The highest BCUT2D eigenvalue weighted by Crippen LogP contribution is 2.31. The fraction of sp³-hybridized carbons (Fsp3) is 0.500. The fourth-order valence-corrected chi connectivity index (χ4v) is 3.77. The summed E-state index contributed by atoms with van der Waals surface area (Å²) in [6.07, 6.45) is 6.28. The Balaban J connectivity index is 1.60. The first-order valence-corrected chi connectivity index (χ1v) is 10.7. The van der Waals surface area contributed by atoms with Gasteiger partial charge in [0.1, 0.15) is 23.1 Å². The summed E-state index contributed by atoms with van der Waals surface area (Å²) in [4.78, 5) is 26.0. The molecule has 0 bridgehead atoms. The summed E-state index contributed by atoms with van der Waals surface area (Å²) in [5.41, 5.74) is 1.09. The highest BCUT2D eigenvalue weighted by molar-refractivity contribution is 5.78. The van der Waals surface area contributed by atoms with Crippen LogP contribution in [-0.4, -0.2) is 29.7 Å². The van der Waals surface area contributed by atoms with E-state index >= 15 is 0 Å². The van der Waals surface area contributed by atoms with Gasteiger partial charge >= 0.3 is 0 Å². The number of benzene rings is 1. The topological polar surface area (TPSA) is 59.8 Å². The molecule has 156 valence electrons. The van der Waals surface area contributed by atoms with Crippen LogP contribution >= 0.6 is 0 Å². The number of hydrogen-bond acceptors (Lipinski definition) is 4. The van der Waals surface area contributed by atoms with Crippen molar-refractivity contribution in [1.82, 2.24) is 4.90 Å². The largest absolute Gasteiger partial charge is 0.484 e. The van der Waals surface area contributed by atoms with E-state index in [1.165, 1.54) is 0 Å². The SMILES string of the molecule is CCc1ccc(C2CCCCCN2C(=O)COc2ccc(CCC(C)=O)cc2)o1. The van der Waals surface area contributed by atoms with E-state index in [0.717, 1.165) is 62.2 Å². The van der Waals surface area contributed by atoms with E-state index in [4.69, 9.17) is 9.15 Å². The van der Waals surface area contributed by atoms with Gasteiger partial charge in [-0.05, 0) is 56.0 Å². The molecule has 2 heterocycles. The third kappa shape index (κ3) is 5.96. The Kier molecular flexibility index (Phi) is 7.50. The van der Waals surface area contributed by atoms with Crippen molar-refractivity contribution in [2.45, 2.75) is 64.8 Å². The van der Waals surface area contributed by atoms with Gasteiger partial charge in [-0.2, -0.15) is 0 Å². The smallest absolute Gasteiger partial charge is 0.261 e. The van der Waals surface area contributed by atoms with Crippen LogP contribution in [0.5, 0.6) is 5.75 Å². The van der Waals surface area contributed by atoms with Crippen LogP contribution in [0.3, 0.4) is 0 Å². The number of nitrogens with zero attached hydrogens (tertiary/aromatic N) is 1. The van der Waals surface area contributed by atoms with Crippen molar-refractivity contribution in [3.8, 4) is 5.75 Å². The molecular formula is C24H31NO4. The summed E-state index contributed by atoms with van der Waals surface area (Å²) in [5, 5.41) is 0. The van der Waals surface area contributed by atoms with E-state index in [0.29, 0.717) is 12.2 Å². The quantitative estimate of drug-likeness (QED) is 0.636. The number of hydrogen-bond donors (Lipinski definition) is 0. The lowest BCUT2D eigenvalue weighted by atomic mass is 10.1. The van der Waals surface area contributed by atoms with E-state index in [1.807, 2.05) is 41.3 Å². The monoisotopic (exact) mass is 397 g/mol. The van der Waals surface area contributed by atoms with Gasteiger partial charge in [-0.25, -0.2) is 0 Å². The minimum Gasteiger partial charge on any atom is -0.484 e. The second kappa shape index (κ2) is 10.3. The molecule has 1 atom stereocenters. The number of Topliss-reactive ketones (excluding diaryl/α,β-unsaturated/α-hetero) is 1. The van der Waals surface area contributed by atoms with Gasteiger partial charge in [0.25, 0.3) is 5.91 Å². The average Bonchev–Trinajstić information content (AvgIpc) is 3.07. The van der Waals surface area contributed by atoms with Gasteiger partial charge in [0.2, 0.25) is 0 Å². The molecule has 29 heavy (non-hydrogen) atoms. The Morgan fingerprint density at radius 3 is 2.59 bits per heavy atom. The summed E-state index contributed by atoms with van der Waals surface area (Å²) in [7, 11) is 0. The van der Waals surface area contributed by atoms with Crippen LogP contribution in [0, 0.1) is 0 Å². The first-order valence-electron chi connectivity index (χ1n) is 10.7. The molecule has 5 nitrogen and oxygen atoms in total. The molecular weight excluding hydrogens is 366 g/mol. The maximum atomic E-state index is 13.0. The lowest BCUT2D eigenvalue weighted by molar-refractivity contribution is -0.136. The Morgan fingerprint density at radius 1 is 1.10 bits per heavy atom. The number of ketones is 1. The molecule has 1 aromatic carbocycles. The van der Waals surface area contributed by atoms with E-state index in [2.05, 4.69) is 6.92 Å². The summed E-state index contributed by atoms with van der Waals surface area (Å²) in [5.74, 6) is 2.68. The van der Waals surface area contributed by atoms with E-state index in [1.54, 1.807) is 6.92 Å². The fourth-order valence-electron chi connectivity index (χ4n) is 3.77. The van der Waals surface area contributed by atoms with Crippen molar-refractivity contribution >= 4 is 11.7 Å². The minimum absolute atomic E-state index is 0.00740. The number of rotatable bonds is 8. The lowest BCUT2D eigenvalue weighted by Gasteiger charge is -2.28. The molecule has 0 spiro atoms. The predicted molar refractivity (Wildman–Crippen MR) is 112 cm³/mol. The molecule has 5 heteroatoms. The van der Waals surface area contributed by atoms with E-state index < -0.39 is 0 Å². The zero-order chi connectivity index (χ0) is 20.6. The predicted octanol–water partition coefficient (Wildman–Crippen LogP) is 4.89. The molecule has 1 aromatic heterocycles. The highest BCUT2D eigenvalue weighted by atomic mass is 16.5. The van der Waals surface area contributed by atoms with Crippen molar-refractivity contribution in [2.75, 3.05) is 13.2 Å². The van der Waals surface area contributed by atoms with E-state index in [9.17, 15) is 9.59 Å². The number of ether oxygens (including phenoxy) is 1. The zero-order valence-corrected chi connectivity index (χ0v) is 17.5. The molecule has 2 aromatic rings. The Bertz CT molecular complexity index is 809. The third-order valence-corrected chi connectivity index (χ3v) is 5.48. The number of carbonyl (C=O) groups excluding carboxylic acids is 2. The van der Waals surface area contributed by atoms with Gasteiger partial charge in [-0.15, -0.1) is 0 Å². The molecule has 1 aliphatic rings. The van der Waals surface area contributed by atoms with Crippen LogP contribution in [0.25, 0.3) is 0 Å². The third-order valence-electron chi connectivity index (χ3n) is 5.48. The Labute approximate surface area is 173 Å². The van der Waals surface area contributed by atoms with Crippen LogP contribution in [-0.2, 0) is 22.4 Å². The van der Waals surface area contributed by atoms with Gasteiger partial charge in [-0.3, -0.25) is 4.79 Å². The van der Waals surface area contributed by atoms with Crippen LogP contribution in [0.15, 0.2) is 40.8 Å². The summed E-state index contributed by atoms with van der Waals surface area (Å²) in [6, 6.07) is 11.6. The molecule has 3 rings (SSSR count). The van der Waals surface area contributed by atoms with Crippen molar-refractivity contribution < 1.29 is 18.7 Å². The van der Waals surface area contributed by atoms with Gasteiger partial charge < -0.3 is 18.8 Å².